The molecule has 0 aliphatic heterocycles. The molecule has 4 aromatic rings. The number of carbonyl (C=O) groups is 2. The van der Waals surface area contributed by atoms with Crippen LogP contribution in [0.15, 0.2) is 121 Å². The highest BCUT2D eigenvalue weighted by atomic mass is 28.4. The zero-order valence-electron chi connectivity index (χ0n) is 35.8. The van der Waals surface area contributed by atoms with Gasteiger partial charge in [-0.15, -0.1) is 0 Å². The molecule has 0 heterocycles. The number of benzene rings is 4. The number of nitrogens with one attached hydrogen (secondary N) is 1. The molecule has 2 amide bonds. The molecule has 8 nitrogen and oxygen atoms in total. The number of aliphatic hydroxyl groups is 1. The van der Waals surface area contributed by atoms with E-state index in [9.17, 15) is 15.0 Å². The lowest BCUT2D eigenvalue weighted by Crippen LogP contribution is -2.68. The lowest BCUT2D eigenvalue weighted by Gasteiger charge is -2.62. The van der Waals surface area contributed by atoms with E-state index < -0.39 is 39.8 Å². The van der Waals surface area contributed by atoms with E-state index in [0.29, 0.717) is 6.42 Å². The standard InChI is InChI=1S/C49H64N2O6Si2/c1-46(2,3)58(39-19-11-7-12-20-39,40-21-13-8-14-22-40)56-29-27-51(44(52)43(50-45(53)54)48-32-37-31-38(33-48)35-49(55,34-37)36-48)28-30-57-59(47(4,5)6,41-23-15-9-16-24-41)42-25-17-10-18-26-42/h7-26,37-38,43,50,55H,27-36H2,1-6H3,(H,53,54)/t37-,38+,43-,48+,49+/m1/s1. The van der Waals surface area contributed by atoms with Crippen molar-refractivity contribution in [3.63, 3.8) is 0 Å². The minimum Gasteiger partial charge on any atom is -0.465 e. The van der Waals surface area contributed by atoms with E-state index in [1.54, 1.807) is 4.90 Å². The molecule has 59 heavy (non-hydrogen) atoms. The van der Waals surface area contributed by atoms with Gasteiger partial charge in [-0.3, -0.25) is 4.79 Å². The maximum Gasteiger partial charge on any atom is 0.405 e. The Kier molecular flexibility index (Phi) is 12.2. The fourth-order valence-electron chi connectivity index (χ4n) is 11.9. The van der Waals surface area contributed by atoms with E-state index in [1.165, 1.54) is 0 Å². The fraction of sp³-hybridized carbons (Fsp3) is 0.469. The van der Waals surface area contributed by atoms with Crippen LogP contribution in [0.1, 0.15) is 80.1 Å². The Morgan fingerprint density at radius 2 is 1.02 bits per heavy atom. The van der Waals surface area contributed by atoms with Crippen molar-refractivity contribution in [1.82, 2.24) is 10.2 Å². The van der Waals surface area contributed by atoms with Crippen LogP contribution in [0.5, 0.6) is 0 Å². The predicted octanol–water partition coefficient (Wildman–Crippen LogP) is 6.94. The average molecular weight is 833 g/mol. The van der Waals surface area contributed by atoms with Gasteiger partial charge in [-0.05, 0) is 81.2 Å². The van der Waals surface area contributed by atoms with Crippen molar-refractivity contribution in [3.05, 3.63) is 121 Å². The summed E-state index contributed by atoms with van der Waals surface area (Å²) in [4.78, 5) is 29.9. The van der Waals surface area contributed by atoms with Crippen LogP contribution >= 0.6 is 0 Å². The summed E-state index contributed by atoms with van der Waals surface area (Å²) in [5.41, 5.74) is -1.53. The largest absolute Gasteiger partial charge is 0.465 e. The molecule has 314 valence electrons. The third-order valence-corrected chi connectivity index (χ3v) is 23.8. The number of nitrogens with zero attached hydrogens (tertiary/aromatic N) is 1. The molecule has 0 spiro atoms. The van der Waals surface area contributed by atoms with Crippen LogP contribution in [0.3, 0.4) is 0 Å². The van der Waals surface area contributed by atoms with Gasteiger partial charge in [0, 0.05) is 18.5 Å². The van der Waals surface area contributed by atoms with E-state index in [2.05, 4.69) is 144 Å². The van der Waals surface area contributed by atoms with Gasteiger partial charge in [0.2, 0.25) is 5.91 Å². The molecule has 4 aliphatic carbocycles. The van der Waals surface area contributed by atoms with Crippen LogP contribution in [-0.2, 0) is 13.6 Å². The smallest absolute Gasteiger partial charge is 0.405 e. The van der Waals surface area contributed by atoms with Gasteiger partial charge < -0.3 is 29.3 Å². The molecular formula is C49H64N2O6Si2. The van der Waals surface area contributed by atoms with Crippen molar-refractivity contribution in [2.75, 3.05) is 26.3 Å². The Balaban J connectivity index is 1.26. The number of rotatable bonds is 15. The highest BCUT2D eigenvalue weighted by molar-refractivity contribution is 7.00. The fourth-order valence-corrected chi connectivity index (χ4v) is 21.0. The van der Waals surface area contributed by atoms with Gasteiger partial charge in [0.05, 0.1) is 18.8 Å². The van der Waals surface area contributed by atoms with Crippen molar-refractivity contribution >= 4 is 49.4 Å². The van der Waals surface area contributed by atoms with Crippen molar-refractivity contribution in [1.29, 1.82) is 0 Å². The number of hydrogen-bond donors (Lipinski definition) is 3. The van der Waals surface area contributed by atoms with Crippen molar-refractivity contribution in [2.45, 2.75) is 102 Å². The quantitative estimate of drug-likeness (QED) is 0.112. The predicted molar refractivity (Wildman–Crippen MR) is 241 cm³/mol. The second-order valence-corrected chi connectivity index (χ2v) is 28.4. The minimum atomic E-state index is -2.95. The lowest BCUT2D eigenvalue weighted by atomic mass is 9.46. The topological polar surface area (TPSA) is 108 Å². The van der Waals surface area contributed by atoms with E-state index in [4.69, 9.17) is 8.85 Å². The number of hydrogen-bond acceptors (Lipinski definition) is 5. The molecule has 4 fully saturated rings. The zero-order valence-corrected chi connectivity index (χ0v) is 37.8. The van der Waals surface area contributed by atoms with Gasteiger partial charge in [-0.1, -0.05) is 163 Å². The lowest BCUT2D eigenvalue weighted by molar-refractivity contribution is -0.179. The highest BCUT2D eigenvalue weighted by Gasteiger charge is 2.62. The summed E-state index contributed by atoms with van der Waals surface area (Å²) in [5, 5.41) is 29.0. The zero-order chi connectivity index (χ0) is 42.1. The second kappa shape index (κ2) is 16.8. The molecule has 10 heteroatoms. The van der Waals surface area contributed by atoms with Crippen LogP contribution in [0.2, 0.25) is 10.1 Å². The monoisotopic (exact) mass is 832 g/mol. The molecule has 0 radical (unpaired) electrons. The Morgan fingerprint density at radius 3 is 1.32 bits per heavy atom. The van der Waals surface area contributed by atoms with Gasteiger partial charge in [0.15, 0.2) is 0 Å². The molecule has 4 saturated carbocycles. The van der Waals surface area contributed by atoms with E-state index in [-0.39, 0.29) is 54.1 Å². The number of amides is 2. The van der Waals surface area contributed by atoms with Gasteiger partial charge in [-0.25, -0.2) is 4.79 Å². The first kappa shape index (κ1) is 43.0. The average Bonchev–Trinajstić information content (AvgIpc) is 3.18. The molecule has 4 bridgehead atoms. The summed E-state index contributed by atoms with van der Waals surface area (Å²) in [6.07, 6.45) is 3.14. The molecule has 4 aliphatic rings. The van der Waals surface area contributed by atoms with Gasteiger partial charge >= 0.3 is 6.09 Å². The maximum atomic E-state index is 15.4. The van der Waals surface area contributed by atoms with Crippen LogP contribution in [0.25, 0.3) is 0 Å². The Hall–Kier alpha value is -4.07. The normalized spacial score (nSPS) is 23.4. The second-order valence-electron chi connectivity index (χ2n) is 19.8. The maximum absolute atomic E-state index is 15.4. The van der Waals surface area contributed by atoms with Crippen molar-refractivity contribution in [2.24, 2.45) is 17.3 Å². The number of carbonyl (C=O) groups excluding carboxylic acids is 1. The molecule has 8 rings (SSSR count). The molecule has 0 aromatic heterocycles. The first-order valence-corrected chi connectivity index (χ1v) is 25.3. The van der Waals surface area contributed by atoms with Gasteiger partial charge in [0.25, 0.3) is 16.6 Å². The summed E-state index contributed by atoms with van der Waals surface area (Å²) in [6, 6.07) is 40.9. The summed E-state index contributed by atoms with van der Waals surface area (Å²) in [5.74, 6) is 0.283. The molecular weight excluding hydrogens is 769 g/mol. The van der Waals surface area contributed by atoms with Crippen LogP contribution in [0, 0.1) is 17.3 Å². The van der Waals surface area contributed by atoms with Crippen LogP contribution < -0.4 is 26.1 Å². The summed E-state index contributed by atoms with van der Waals surface area (Å²) in [7, 11) is -5.90. The Bertz CT molecular complexity index is 1840. The van der Waals surface area contributed by atoms with E-state index in [0.717, 1.165) is 52.9 Å². The molecule has 5 atom stereocenters. The first-order chi connectivity index (χ1) is 28.0. The Morgan fingerprint density at radius 1 is 0.661 bits per heavy atom. The van der Waals surface area contributed by atoms with Crippen molar-refractivity contribution < 1.29 is 28.7 Å². The molecule has 3 N–H and O–H groups in total. The van der Waals surface area contributed by atoms with Crippen LogP contribution in [0.4, 0.5) is 4.79 Å². The van der Waals surface area contributed by atoms with Gasteiger partial charge in [0.1, 0.15) is 6.04 Å². The van der Waals surface area contributed by atoms with Crippen LogP contribution in [-0.4, -0.2) is 81.7 Å². The van der Waals surface area contributed by atoms with Crippen molar-refractivity contribution in [3.8, 4) is 0 Å². The molecule has 4 aromatic carbocycles. The van der Waals surface area contributed by atoms with E-state index >= 15 is 4.79 Å². The van der Waals surface area contributed by atoms with E-state index in [1.807, 2.05) is 24.3 Å². The summed E-state index contributed by atoms with van der Waals surface area (Å²) < 4.78 is 14.7. The summed E-state index contributed by atoms with van der Waals surface area (Å²) >= 11 is 0. The SMILES string of the molecule is CC(C)(C)[Si](OCCN(CCO[Si](c1ccccc1)(c1ccccc1)C(C)(C)C)C(=O)[C@@H](NC(=O)O)[C@@]12C[C@@H]3C[C@@H](C[C@](O)(C3)C1)C2)(c1ccccc1)c1ccccc1. The highest BCUT2D eigenvalue weighted by Crippen LogP contribution is 2.63. The number of carboxylic acid groups (broad SMARTS) is 1. The third kappa shape index (κ3) is 8.36. The third-order valence-electron chi connectivity index (χ3n) is 13.7. The first-order valence-electron chi connectivity index (χ1n) is 21.5. The minimum absolute atomic E-state index is 0.248. The Labute approximate surface area is 353 Å². The molecule has 0 unspecified atom stereocenters. The summed E-state index contributed by atoms with van der Waals surface area (Å²) in [6.45, 7) is 14.4. The molecule has 0 saturated heterocycles. The van der Waals surface area contributed by atoms with Gasteiger partial charge in [-0.2, -0.15) is 0 Å².